The van der Waals surface area contributed by atoms with Crippen molar-refractivity contribution in [3.05, 3.63) is 48.0 Å². The molecule has 0 aromatic heterocycles. The Morgan fingerprint density at radius 2 is 1.83 bits per heavy atom. The standard InChI is InChI=1S/C20H21N3S/c1-15(14-22-10-4-5-11-22)23-17-6-2-3-7-19(17)24-20-9-8-16(13-21)12-18(20)23/h2-3,6-9,12,15H,4-5,10-11,14H2,1H3/t15-/m1/s1. The van der Waals surface area contributed by atoms with Crippen molar-refractivity contribution in [1.82, 2.24) is 4.90 Å². The van der Waals surface area contributed by atoms with Crippen LogP contribution in [0.3, 0.4) is 0 Å². The molecule has 4 rings (SSSR count). The van der Waals surface area contributed by atoms with E-state index in [-0.39, 0.29) is 0 Å². The van der Waals surface area contributed by atoms with Gasteiger partial charge in [0.1, 0.15) is 0 Å². The third kappa shape index (κ3) is 2.79. The molecular weight excluding hydrogens is 314 g/mol. The van der Waals surface area contributed by atoms with Crippen LogP contribution in [0.1, 0.15) is 25.3 Å². The van der Waals surface area contributed by atoms with E-state index in [1.54, 1.807) is 11.8 Å². The van der Waals surface area contributed by atoms with Gasteiger partial charge in [-0.25, -0.2) is 0 Å². The minimum atomic E-state index is 0.373. The SMILES string of the molecule is C[C@H](CN1CCCC1)N1c2ccccc2Sc2ccc(C#N)cc21. The van der Waals surface area contributed by atoms with E-state index in [9.17, 15) is 5.26 Å². The molecule has 0 aliphatic carbocycles. The Morgan fingerprint density at radius 1 is 1.08 bits per heavy atom. The molecule has 2 heterocycles. The molecule has 1 fully saturated rings. The molecule has 122 valence electrons. The summed E-state index contributed by atoms with van der Waals surface area (Å²) >= 11 is 1.80. The Balaban J connectivity index is 1.74. The van der Waals surface area contributed by atoms with Gasteiger partial charge in [0.2, 0.25) is 0 Å². The highest BCUT2D eigenvalue weighted by atomic mass is 32.2. The number of nitriles is 1. The number of benzene rings is 2. The average molecular weight is 335 g/mol. The van der Waals surface area contributed by atoms with Gasteiger partial charge in [0, 0.05) is 22.4 Å². The molecule has 4 heteroatoms. The van der Waals surface area contributed by atoms with Crippen LogP contribution in [0.15, 0.2) is 52.3 Å². The van der Waals surface area contributed by atoms with Crippen LogP contribution in [-0.2, 0) is 0 Å². The first kappa shape index (κ1) is 15.6. The molecule has 0 N–H and O–H groups in total. The summed E-state index contributed by atoms with van der Waals surface area (Å²) in [6.07, 6.45) is 2.63. The Morgan fingerprint density at radius 3 is 2.62 bits per heavy atom. The van der Waals surface area contributed by atoms with Gasteiger partial charge in [-0.15, -0.1) is 0 Å². The zero-order valence-electron chi connectivity index (χ0n) is 13.9. The summed E-state index contributed by atoms with van der Waals surface area (Å²) < 4.78 is 0. The van der Waals surface area contributed by atoms with Crippen LogP contribution in [0, 0.1) is 11.3 Å². The lowest BCUT2D eigenvalue weighted by Crippen LogP contribution is -2.40. The molecule has 3 nitrogen and oxygen atoms in total. The molecule has 2 aromatic rings. The van der Waals surface area contributed by atoms with Crippen LogP contribution < -0.4 is 4.90 Å². The van der Waals surface area contributed by atoms with Crippen molar-refractivity contribution in [2.75, 3.05) is 24.5 Å². The first-order valence-corrected chi connectivity index (χ1v) is 9.40. The summed E-state index contributed by atoms with van der Waals surface area (Å²) in [4.78, 5) is 7.52. The number of hydrogen-bond acceptors (Lipinski definition) is 4. The van der Waals surface area contributed by atoms with E-state index in [2.05, 4.69) is 53.1 Å². The van der Waals surface area contributed by atoms with Gasteiger partial charge in [0.25, 0.3) is 0 Å². The fraction of sp³-hybridized carbons (Fsp3) is 0.350. The maximum absolute atomic E-state index is 9.31. The molecule has 2 aliphatic heterocycles. The zero-order valence-corrected chi connectivity index (χ0v) is 14.7. The normalized spacial score (nSPS) is 17.9. The van der Waals surface area contributed by atoms with Gasteiger partial charge in [-0.3, -0.25) is 0 Å². The molecule has 0 amide bonds. The minimum absolute atomic E-state index is 0.373. The van der Waals surface area contributed by atoms with Gasteiger partial charge in [-0.1, -0.05) is 23.9 Å². The molecule has 24 heavy (non-hydrogen) atoms. The van der Waals surface area contributed by atoms with Gasteiger partial charge < -0.3 is 9.80 Å². The largest absolute Gasteiger partial charge is 0.335 e. The lowest BCUT2D eigenvalue weighted by atomic mass is 10.1. The van der Waals surface area contributed by atoms with Crippen LogP contribution in [0.25, 0.3) is 0 Å². The van der Waals surface area contributed by atoms with E-state index >= 15 is 0 Å². The van der Waals surface area contributed by atoms with Crippen LogP contribution in [0.4, 0.5) is 11.4 Å². The summed E-state index contributed by atoms with van der Waals surface area (Å²) in [6.45, 7) is 5.78. The number of rotatable bonds is 3. The van der Waals surface area contributed by atoms with Crippen molar-refractivity contribution in [2.45, 2.75) is 35.6 Å². The van der Waals surface area contributed by atoms with Crippen LogP contribution in [-0.4, -0.2) is 30.6 Å². The molecule has 1 saturated heterocycles. The third-order valence-corrected chi connectivity index (χ3v) is 5.98. The summed E-state index contributed by atoms with van der Waals surface area (Å²) in [5, 5.41) is 9.31. The van der Waals surface area contributed by atoms with Gasteiger partial charge in [-0.2, -0.15) is 5.26 Å². The van der Waals surface area contributed by atoms with E-state index in [0.717, 1.165) is 12.1 Å². The predicted octanol–water partition coefficient (Wildman–Crippen LogP) is 4.65. The van der Waals surface area contributed by atoms with E-state index in [1.165, 1.54) is 47.1 Å². The monoisotopic (exact) mass is 335 g/mol. The van der Waals surface area contributed by atoms with Crippen LogP contribution in [0.2, 0.25) is 0 Å². The first-order valence-electron chi connectivity index (χ1n) is 8.59. The average Bonchev–Trinajstić information content (AvgIpc) is 3.12. The molecule has 2 aliphatic rings. The highest BCUT2D eigenvalue weighted by Gasteiger charge is 2.28. The van der Waals surface area contributed by atoms with Crippen molar-refractivity contribution in [2.24, 2.45) is 0 Å². The predicted molar refractivity (Wildman–Crippen MR) is 99.0 cm³/mol. The lowest BCUT2D eigenvalue weighted by Gasteiger charge is -2.38. The van der Waals surface area contributed by atoms with Crippen molar-refractivity contribution in [3.63, 3.8) is 0 Å². The fourth-order valence-corrected chi connectivity index (χ4v) is 4.80. The van der Waals surface area contributed by atoms with Crippen LogP contribution >= 0.6 is 11.8 Å². The lowest BCUT2D eigenvalue weighted by molar-refractivity contribution is 0.319. The maximum atomic E-state index is 9.31. The highest BCUT2D eigenvalue weighted by molar-refractivity contribution is 7.99. The second-order valence-electron chi connectivity index (χ2n) is 6.59. The summed E-state index contributed by atoms with van der Waals surface area (Å²) in [5.41, 5.74) is 3.16. The second-order valence-corrected chi connectivity index (χ2v) is 7.67. The summed E-state index contributed by atoms with van der Waals surface area (Å²) in [7, 11) is 0. The molecule has 1 atom stereocenters. The summed E-state index contributed by atoms with van der Waals surface area (Å²) in [5.74, 6) is 0. The van der Waals surface area contributed by atoms with Crippen molar-refractivity contribution >= 4 is 23.1 Å². The number of fused-ring (bicyclic) bond motifs is 2. The smallest absolute Gasteiger partial charge is 0.0992 e. The quantitative estimate of drug-likeness (QED) is 0.817. The highest BCUT2D eigenvalue weighted by Crippen LogP contribution is 2.49. The summed E-state index contributed by atoms with van der Waals surface area (Å²) in [6, 6.07) is 17.3. The molecule has 0 spiro atoms. The minimum Gasteiger partial charge on any atom is -0.335 e. The van der Waals surface area contributed by atoms with Gasteiger partial charge >= 0.3 is 0 Å². The Hall–Kier alpha value is -1.96. The van der Waals surface area contributed by atoms with Crippen molar-refractivity contribution in [3.8, 4) is 6.07 Å². The zero-order chi connectivity index (χ0) is 16.5. The van der Waals surface area contributed by atoms with E-state index in [1.807, 2.05) is 12.1 Å². The maximum Gasteiger partial charge on any atom is 0.0992 e. The van der Waals surface area contributed by atoms with E-state index in [0.29, 0.717) is 6.04 Å². The van der Waals surface area contributed by atoms with Crippen molar-refractivity contribution < 1.29 is 0 Å². The van der Waals surface area contributed by atoms with Crippen LogP contribution in [0.5, 0.6) is 0 Å². The van der Waals surface area contributed by atoms with Crippen molar-refractivity contribution in [1.29, 1.82) is 5.26 Å². The molecule has 2 aromatic carbocycles. The first-order chi connectivity index (χ1) is 11.8. The Labute approximate surface area is 147 Å². The number of likely N-dealkylation sites (tertiary alicyclic amines) is 1. The molecule has 0 saturated carbocycles. The second kappa shape index (κ2) is 6.51. The fourth-order valence-electron chi connectivity index (χ4n) is 3.75. The number of hydrogen-bond donors (Lipinski definition) is 0. The number of nitrogens with zero attached hydrogens (tertiary/aromatic N) is 3. The molecule has 0 bridgehead atoms. The number of anilines is 2. The molecular formula is C20H21N3S. The molecule has 0 radical (unpaired) electrons. The van der Waals surface area contributed by atoms with E-state index < -0.39 is 0 Å². The number of para-hydroxylation sites is 1. The topological polar surface area (TPSA) is 30.3 Å². The van der Waals surface area contributed by atoms with Gasteiger partial charge in [0.15, 0.2) is 0 Å². The molecule has 0 unspecified atom stereocenters. The third-order valence-electron chi connectivity index (χ3n) is 4.85. The Bertz CT molecular complexity index is 790. The van der Waals surface area contributed by atoms with Gasteiger partial charge in [-0.05, 0) is 63.2 Å². The van der Waals surface area contributed by atoms with Gasteiger partial charge in [0.05, 0.1) is 23.0 Å². The van der Waals surface area contributed by atoms with E-state index in [4.69, 9.17) is 0 Å². The Kier molecular flexibility index (Phi) is 4.22.